The van der Waals surface area contributed by atoms with Crippen molar-refractivity contribution in [2.24, 2.45) is 5.92 Å². The highest BCUT2D eigenvalue weighted by Gasteiger charge is 2.34. The van der Waals surface area contributed by atoms with Crippen LogP contribution in [0.3, 0.4) is 0 Å². The van der Waals surface area contributed by atoms with Crippen LogP contribution >= 0.6 is 23.2 Å². The number of hydrogen-bond donors (Lipinski definition) is 2. The van der Waals surface area contributed by atoms with Gasteiger partial charge in [0.2, 0.25) is 5.28 Å². The van der Waals surface area contributed by atoms with E-state index in [1.165, 1.54) is 6.20 Å². The van der Waals surface area contributed by atoms with Crippen LogP contribution in [0.15, 0.2) is 6.20 Å². The molecule has 1 saturated carbocycles. The highest BCUT2D eigenvalue weighted by molar-refractivity contribution is 6.33. The van der Waals surface area contributed by atoms with Crippen molar-refractivity contribution in [1.29, 1.82) is 0 Å². The number of aromatic nitrogens is 2. The van der Waals surface area contributed by atoms with E-state index >= 15 is 0 Å². The van der Waals surface area contributed by atoms with Crippen LogP contribution in [-0.4, -0.2) is 27.2 Å². The van der Waals surface area contributed by atoms with Gasteiger partial charge in [0.25, 0.3) is 0 Å². The molecule has 100 valence electrons. The van der Waals surface area contributed by atoms with Gasteiger partial charge in [-0.3, -0.25) is 0 Å². The molecular weight excluding hydrogens is 273 g/mol. The Morgan fingerprint density at radius 2 is 2.11 bits per heavy atom. The molecule has 0 unspecified atom stereocenters. The van der Waals surface area contributed by atoms with E-state index in [2.05, 4.69) is 22.2 Å². The van der Waals surface area contributed by atoms with Crippen LogP contribution in [0.2, 0.25) is 10.3 Å². The number of rotatable bonds is 3. The first-order valence-corrected chi connectivity index (χ1v) is 6.87. The second-order valence-electron chi connectivity index (χ2n) is 5.08. The Labute approximate surface area is 117 Å². The van der Waals surface area contributed by atoms with Crippen LogP contribution in [0.25, 0.3) is 0 Å². The van der Waals surface area contributed by atoms with Crippen LogP contribution in [0.1, 0.15) is 32.6 Å². The van der Waals surface area contributed by atoms with Gasteiger partial charge in [-0.15, -0.1) is 0 Å². The molecule has 0 aliphatic heterocycles. The van der Waals surface area contributed by atoms with E-state index in [0.717, 1.165) is 25.7 Å². The lowest BCUT2D eigenvalue weighted by molar-refractivity contribution is 0.155. The van der Waals surface area contributed by atoms with Gasteiger partial charge in [0.1, 0.15) is 10.8 Å². The molecule has 1 heterocycles. The van der Waals surface area contributed by atoms with Gasteiger partial charge in [0.05, 0.1) is 18.3 Å². The Balaban J connectivity index is 2.17. The van der Waals surface area contributed by atoms with Crippen molar-refractivity contribution < 1.29 is 5.11 Å². The van der Waals surface area contributed by atoms with Crippen LogP contribution in [0.4, 0.5) is 5.82 Å². The second-order valence-corrected chi connectivity index (χ2v) is 5.83. The fourth-order valence-electron chi connectivity index (χ4n) is 2.32. The first kappa shape index (κ1) is 13.8. The molecule has 0 radical (unpaired) electrons. The zero-order valence-corrected chi connectivity index (χ0v) is 11.8. The summed E-state index contributed by atoms with van der Waals surface area (Å²) in [5.74, 6) is 1.20. The minimum atomic E-state index is -0.339. The fraction of sp³-hybridized carbons (Fsp3) is 0.667. The molecule has 0 saturated heterocycles. The summed E-state index contributed by atoms with van der Waals surface area (Å²) < 4.78 is 0. The van der Waals surface area contributed by atoms with Gasteiger partial charge in [0, 0.05) is 0 Å². The van der Waals surface area contributed by atoms with Crippen LogP contribution in [0, 0.1) is 5.92 Å². The monoisotopic (exact) mass is 289 g/mol. The minimum absolute atomic E-state index is 0.0671. The lowest BCUT2D eigenvalue weighted by atomic mass is 9.77. The third-order valence-electron chi connectivity index (χ3n) is 3.63. The van der Waals surface area contributed by atoms with E-state index in [9.17, 15) is 5.11 Å². The molecule has 1 aliphatic rings. The van der Waals surface area contributed by atoms with Crippen molar-refractivity contribution in [1.82, 2.24) is 9.97 Å². The molecule has 0 spiro atoms. The van der Waals surface area contributed by atoms with E-state index in [4.69, 9.17) is 23.2 Å². The Morgan fingerprint density at radius 1 is 1.44 bits per heavy atom. The van der Waals surface area contributed by atoms with Gasteiger partial charge in [-0.1, -0.05) is 18.5 Å². The average Bonchev–Trinajstić information content (AvgIpc) is 2.37. The molecule has 18 heavy (non-hydrogen) atoms. The van der Waals surface area contributed by atoms with E-state index in [-0.39, 0.29) is 17.4 Å². The number of nitrogens with one attached hydrogen (secondary N) is 1. The van der Waals surface area contributed by atoms with Gasteiger partial charge in [0.15, 0.2) is 0 Å². The summed E-state index contributed by atoms with van der Waals surface area (Å²) in [7, 11) is 0. The summed E-state index contributed by atoms with van der Waals surface area (Å²) in [5.41, 5.74) is -0.339. The molecule has 6 heteroatoms. The van der Waals surface area contributed by atoms with Crippen molar-refractivity contribution in [3.8, 4) is 0 Å². The van der Waals surface area contributed by atoms with Crippen molar-refractivity contribution in [2.45, 2.75) is 38.1 Å². The predicted molar refractivity (Wildman–Crippen MR) is 73.1 cm³/mol. The number of nitrogens with zero attached hydrogens (tertiary/aromatic N) is 2. The predicted octanol–water partition coefficient (Wildman–Crippen LogP) is 3.14. The highest BCUT2D eigenvalue weighted by atomic mass is 35.5. The molecule has 1 aromatic rings. The standard InChI is InChI=1S/C12H17Cl2N3O/c1-8-2-4-12(7-18,5-3-8)17-10-9(13)6-15-11(14)16-10/h6,8,18H,2-5,7H2,1H3,(H,15,16,17). The van der Waals surface area contributed by atoms with E-state index in [1.807, 2.05) is 0 Å². The highest BCUT2D eigenvalue weighted by Crippen LogP contribution is 2.35. The second kappa shape index (κ2) is 5.59. The van der Waals surface area contributed by atoms with Gasteiger partial charge in [-0.05, 0) is 43.2 Å². The van der Waals surface area contributed by atoms with Crippen molar-refractivity contribution in [2.75, 3.05) is 11.9 Å². The zero-order valence-electron chi connectivity index (χ0n) is 10.3. The molecule has 0 atom stereocenters. The molecule has 2 N–H and O–H groups in total. The van der Waals surface area contributed by atoms with Crippen LogP contribution < -0.4 is 5.32 Å². The summed E-state index contributed by atoms with van der Waals surface area (Å²) >= 11 is 11.8. The van der Waals surface area contributed by atoms with Crippen LogP contribution in [-0.2, 0) is 0 Å². The number of aliphatic hydroxyl groups excluding tert-OH is 1. The third kappa shape index (κ3) is 3.05. The molecular formula is C12H17Cl2N3O. The largest absolute Gasteiger partial charge is 0.394 e. The molecule has 2 rings (SSSR count). The zero-order chi connectivity index (χ0) is 13.2. The average molecular weight is 290 g/mol. The maximum absolute atomic E-state index is 9.67. The smallest absolute Gasteiger partial charge is 0.224 e. The van der Waals surface area contributed by atoms with Crippen LogP contribution in [0.5, 0.6) is 0 Å². The molecule has 0 aromatic carbocycles. The number of hydrogen-bond acceptors (Lipinski definition) is 4. The summed E-state index contributed by atoms with van der Waals surface area (Å²) in [6.07, 6.45) is 5.45. The first-order chi connectivity index (χ1) is 8.54. The summed E-state index contributed by atoms with van der Waals surface area (Å²) in [4.78, 5) is 7.89. The Bertz CT molecular complexity index is 420. The molecule has 0 amide bonds. The summed E-state index contributed by atoms with van der Waals surface area (Å²) in [6.45, 7) is 2.30. The van der Waals surface area contributed by atoms with E-state index in [0.29, 0.717) is 16.8 Å². The Hall–Kier alpha value is -0.580. The molecule has 0 bridgehead atoms. The maximum atomic E-state index is 9.67. The molecule has 1 fully saturated rings. The van der Waals surface area contributed by atoms with Gasteiger partial charge in [-0.2, -0.15) is 4.98 Å². The molecule has 1 aliphatic carbocycles. The van der Waals surface area contributed by atoms with Gasteiger partial charge in [-0.25, -0.2) is 4.98 Å². The van der Waals surface area contributed by atoms with E-state index < -0.39 is 0 Å². The maximum Gasteiger partial charge on any atom is 0.224 e. The molecule has 4 nitrogen and oxygen atoms in total. The number of halogens is 2. The normalized spacial score (nSPS) is 28.1. The lowest BCUT2D eigenvalue weighted by Crippen LogP contribution is -2.45. The Morgan fingerprint density at radius 3 is 2.72 bits per heavy atom. The van der Waals surface area contributed by atoms with Gasteiger partial charge < -0.3 is 10.4 Å². The summed E-state index contributed by atoms with van der Waals surface area (Å²) in [6, 6.07) is 0. The topological polar surface area (TPSA) is 58.0 Å². The molecule has 1 aromatic heterocycles. The number of anilines is 1. The lowest BCUT2D eigenvalue weighted by Gasteiger charge is -2.39. The third-order valence-corrected chi connectivity index (χ3v) is 4.09. The van der Waals surface area contributed by atoms with Crippen molar-refractivity contribution in [3.63, 3.8) is 0 Å². The van der Waals surface area contributed by atoms with Crippen molar-refractivity contribution >= 4 is 29.0 Å². The Kier molecular flexibility index (Phi) is 4.30. The minimum Gasteiger partial charge on any atom is -0.394 e. The van der Waals surface area contributed by atoms with Gasteiger partial charge >= 0.3 is 0 Å². The summed E-state index contributed by atoms with van der Waals surface area (Å²) in [5, 5.41) is 13.5. The quantitative estimate of drug-likeness (QED) is 0.840. The SMILES string of the molecule is CC1CCC(CO)(Nc2nc(Cl)ncc2Cl)CC1. The van der Waals surface area contributed by atoms with Crippen molar-refractivity contribution in [3.05, 3.63) is 16.5 Å². The fourth-order valence-corrected chi connectivity index (χ4v) is 2.59. The number of aliphatic hydroxyl groups is 1. The first-order valence-electron chi connectivity index (χ1n) is 6.12. The van der Waals surface area contributed by atoms with E-state index in [1.54, 1.807) is 0 Å².